The van der Waals surface area contributed by atoms with E-state index in [1.54, 1.807) is 43.3 Å². The van der Waals surface area contributed by atoms with Crippen molar-refractivity contribution in [2.45, 2.75) is 13.0 Å². The molecule has 1 heterocycles. The Kier molecular flexibility index (Phi) is 5.55. The summed E-state index contributed by atoms with van der Waals surface area (Å²) in [5.74, 6) is 1.08. The summed E-state index contributed by atoms with van der Waals surface area (Å²) in [4.78, 5) is 25.4. The van der Waals surface area contributed by atoms with Crippen molar-refractivity contribution in [1.29, 1.82) is 0 Å². The van der Waals surface area contributed by atoms with Crippen LogP contribution >= 0.6 is 11.6 Å². The summed E-state index contributed by atoms with van der Waals surface area (Å²) in [5.41, 5.74) is 2.32. The van der Waals surface area contributed by atoms with Gasteiger partial charge in [0.15, 0.2) is 5.78 Å². The minimum absolute atomic E-state index is 0.144. The van der Waals surface area contributed by atoms with Crippen molar-refractivity contribution in [2.75, 3.05) is 0 Å². The first-order valence-corrected chi connectivity index (χ1v) is 9.80. The number of urea groups is 1. The van der Waals surface area contributed by atoms with Crippen LogP contribution in [0, 0.1) is 0 Å². The number of ketones is 1. The summed E-state index contributed by atoms with van der Waals surface area (Å²) >= 11 is 5.93. The summed E-state index contributed by atoms with van der Waals surface area (Å²) in [6, 6.07) is 22.4. The maximum atomic E-state index is 13.2. The Hall–Kier alpha value is -3.57. The third kappa shape index (κ3) is 4.21. The van der Waals surface area contributed by atoms with Gasteiger partial charge in [-0.2, -0.15) is 0 Å². The molecule has 3 aromatic carbocycles. The highest BCUT2D eigenvalue weighted by atomic mass is 35.5. The second kappa shape index (κ2) is 8.43. The number of hydrogen-bond acceptors (Lipinski definition) is 3. The van der Waals surface area contributed by atoms with Crippen LogP contribution in [0.5, 0.6) is 11.5 Å². The number of amides is 2. The maximum absolute atomic E-state index is 13.2. The van der Waals surface area contributed by atoms with Crippen LogP contribution in [0.15, 0.2) is 90.1 Å². The number of hydrogen-bond donors (Lipinski definition) is 2. The Morgan fingerprint density at radius 3 is 2.40 bits per heavy atom. The predicted molar refractivity (Wildman–Crippen MR) is 116 cm³/mol. The van der Waals surface area contributed by atoms with Crippen molar-refractivity contribution >= 4 is 23.4 Å². The third-order valence-electron chi connectivity index (χ3n) is 4.79. The summed E-state index contributed by atoms with van der Waals surface area (Å²) < 4.78 is 5.91. The monoisotopic (exact) mass is 418 g/mol. The van der Waals surface area contributed by atoms with Gasteiger partial charge in [0.05, 0.1) is 6.04 Å². The molecule has 5 nitrogen and oxygen atoms in total. The molecule has 0 aliphatic carbocycles. The predicted octanol–water partition coefficient (Wildman–Crippen LogP) is 5.64. The number of benzene rings is 3. The number of carbonyl (C=O) groups excluding carboxylic acids is 2. The smallest absolute Gasteiger partial charge is 0.319 e. The molecule has 1 aliphatic heterocycles. The number of allylic oxidation sites excluding steroid dienone is 1. The van der Waals surface area contributed by atoms with Crippen LogP contribution in [0.25, 0.3) is 0 Å². The largest absolute Gasteiger partial charge is 0.457 e. The Balaban J connectivity index is 1.68. The number of rotatable bonds is 5. The van der Waals surface area contributed by atoms with E-state index in [4.69, 9.17) is 16.3 Å². The molecule has 30 heavy (non-hydrogen) atoms. The number of Topliss-reactive ketones (excluding diaryl/α,β-unsaturated/α-hetero) is 1. The van der Waals surface area contributed by atoms with Gasteiger partial charge in [-0.05, 0) is 48.9 Å². The fraction of sp³-hybridized carbons (Fsp3) is 0.0833. The highest BCUT2D eigenvalue weighted by Crippen LogP contribution is 2.32. The molecule has 4 rings (SSSR count). The summed E-state index contributed by atoms with van der Waals surface area (Å²) in [6.07, 6.45) is 0. The van der Waals surface area contributed by atoms with E-state index in [0.29, 0.717) is 33.4 Å². The second-order valence-electron chi connectivity index (χ2n) is 6.89. The van der Waals surface area contributed by atoms with Crippen LogP contribution in [0.1, 0.15) is 28.9 Å². The van der Waals surface area contributed by atoms with Crippen LogP contribution in [-0.4, -0.2) is 11.8 Å². The van der Waals surface area contributed by atoms with Gasteiger partial charge in [-0.3, -0.25) is 4.79 Å². The lowest BCUT2D eigenvalue weighted by atomic mass is 9.89. The van der Waals surface area contributed by atoms with Gasteiger partial charge in [0.25, 0.3) is 0 Å². The van der Waals surface area contributed by atoms with Crippen LogP contribution in [0.3, 0.4) is 0 Å². The van der Waals surface area contributed by atoms with E-state index in [1.165, 1.54) is 0 Å². The molecule has 0 fully saturated rings. The Bertz CT molecular complexity index is 1120. The van der Waals surface area contributed by atoms with Crippen molar-refractivity contribution in [3.05, 3.63) is 106 Å². The van der Waals surface area contributed by atoms with Crippen LogP contribution in [-0.2, 0) is 0 Å². The molecule has 0 spiro atoms. The molecule has 1 aliphatic rings. The van der Waals surface area contributed by atoms with Crippen molar-refractivity contribution in [1.82, 2.24) is 10.6 Å². The average Bonchev–Trinajstić information content (AvgIpc) is 2.75. The third-order valence-corrected chi connectivity index (χ3v) is 5.04. The summed E-state index contributed by atoms with van der Waals surface area (Å²) in [5, 5.41) is 6.19. The van der Waals surface area contributed by atoms with E-state index < -0.39 is 6.04 Å². The number of ether oxygens (including phenoxy) is 1. The highest BCUT2D eigenvalue weighted by Gasteiger charge is 2.31. The minimum Gasteiger partial charge on any atom is -0.457 e. The Morgan fingerprint density at radius 2 is 1.67 bits per heavy atom. The van der Waals surface area contributed by atoms with Gasteiger partial charge >= 0.3 is 6.03 Å². The van der Waals surface area contributed by atoms with Gasteiger partial charge in [-0.25, -0.2) is 4.79 Å². The number of carbonyl (C=O) groups is 2. The molecule has 3 aromatic rings. The molecule has 2 amide bonds. The SMILES string of the molecule is CC1=C(C(=O)c2ccccc2)[C@@H](c2cccc(Oc3ccc(Cl)cc3)c2)NC(=O)N1. The lowest BCUT2D eigenvalue weighted by Crippen LogP contribution is -2.45. The molecule has 0 bridgehead atoms. The normalized spacial score (nSPS) is 15.9. The molecule has 2 N–H and O–H groups in total. The first-order chi connectivity index (χ1) is 14.5. The van der Waals surface area contributed by atoms with Gasteiger partial charge in [0.2, 0.25) is 0 Å². The fourth-order valence-electron chi connectivity index (χ4n) is 3.39. The van der Waals surface area contributed by atoms with E-state index in [1.807, 2.05) is 42.5 Å². The quantitative estimate of drug-likeness (QED) is 0.526. The first-order valence-electron chi connectivity index (χ1n) is 9.42. The molecular formula is C24H19ClN2O3. The lowest BCUT2D eigenvalue weighted by molar-refractivity contribution is 0.102. The van der Waals surface area contributed by atoms with E-state index in [0.717, 1.165) is 5.56 Å². The zero-order valence-electron chi connectivity index (χ0n) is 16.2. The van der Waals surface area contributed by atoms with Crippen molar-refractivity contribution in [3.63, 3.8) is 0 Å². The van der Waals surface area contributed by atoms with E-state index in [2.05, 4.69) is 10.6 Å². The van der Waals surface area contributed by atoms with Gasteiger partial charge < -0.3 is 15.4 Å². The summed E-state index contributed by atoms with van der Waals surface area (Å²) in [7, 11) is 0. The zero-order valence-corrected chi connectivity index (χ0v) is 16.9. The molecule has 150 valence electrons. The van der Waals surface area contributed by atoms with Gasteiger partial charge in [0, 0.05) is 21.9 Å². The van der Waals surface area contributed by atoms with Crippen LogP contribution in [0.4, 0.5) is 4.79 Å². The standard InChI is InChI=1S/C24H19ClN2O3/c1-15-21(23(28)16-6-3-2-4-7-16)22(27-24(29)26-15)17-8-5-9-20(14-17)30-19-12-10-18(25)11-13-19/h2-14,22H,1H3,(H2,26,27,29)/t22-/m1/s1. The first kappa shape index (κ1) is 19.7. The molecule has 0 aromatic heterocycles. The molecule has 0 saturated heterocycles. The van der Waals surface area contributed by atoms with Crippen LogP contribution < -0.4 is 15.4 Å². The van der Waals surface area contributed by atoms with Crippen molar-refractivity contribution in [3.8, 4) is 11.5 Å². The lowest BCUT2D eigenvalue weighted by Gasteiger charge is -2.29. The van der Waals surface area contributed by atoms with Gasteiger partial charge in [-0.1, -0.05) is 54.1 Å². The molecule has 6 heteroatoms. The zero-order chi connectivity index (χ0) is 21.1. The average molecular weight is 419 g/mol. The Labute approximate surface area is 179 Å². The Morgan fingerprint density at radius 1 is 0.933 bits per heavy atom. The molecular weight excluding hydrogens is 400 g/mol. The second-order valence-corrected chi connectivity index (χ2v) is 7.33. The topological polar surface area (TPSA) is 67.4 Å². The number of nitrogens with one attached hydrogen (secondary N) is 2. The van der Waals surface area contributed by atoms with E-state index in [9.17, 15) is 9.59 Å². The van der Waals surface area contributed by atoms with Gasteiger partial charge in [0.1, 0.15) is 11.5 Å². The van der Waals surface area contributed by atoms with Crippen LogP contribution in [0.2, 0.25) is 5.02 Å². The molecule has 0 radical (unpaired) electrons. The molecule has 0 unspecified atom stereocenters. The molecule has 1 atom stereocenters. The molecule has 0 saturated carbocycles. The van der Waals surface area contributed by atoms with E-state index in [-0.39, 0.29) is 11.8 Å². The van der Waals surface area contributed by atoms with Gasteiger partial charge in [-0.15, -0.1) is 0 Å². The van der Waals surface area contributed by atoms with Crippen molar-refractivity contribution in [2.24, 2.45) is 0 Å². The summed E-state index contributed by atoms with van der Waals surface area (Å²) in [6.45, 7) is 1.73. The fourth-order valence-corrected chi connectivity index (χ4v) is 3.51. The minimum atomic E-state index is -0.597. The highest BCUT2D eigenvalue weighted by molar-refractivity contribution is 6.30. The maximum Gasteiger partial charge on any atom is 0.319 e. The number of halogens is 1. The van der Waals surface area contributed by atoms with E-state index >= 15 is 0 Å². The van der Waals surface area contributed by atoms with Crippen molar-refractivity contribution < 1.29 is 14.3 Å².